The third-order valence-corrected chi connectivity index (χ3v) is 6.57. The predicted molar refractivity (Wildman–Crippen MR) is 116 cm³/mol. The molecule has 0 aromatic carbocycles. The Balaban J connectivity index is 1.55. The number of fused-ring (bicyclic) bond motifs is 1. The fourth-order valence-corrected chi connectivity index (χ4v) is 5.10. The van der Waals surface area contributed by atoms with Crippen molar-refractivity contribution in [2.24, 2.45) is 17.8 Å². The first-order valence-electron chi connectivity index (χ1n) is 11.1. The van der Waals surface area contributed by atoms with Crippen LogP contribution in [-0.4, -0.2) is 44.8 Å². The van der Waals surface area contributed by atoms with Crippen molar-refractivity contribution in [2.75, 3.05) is 12.3 Å². The van der Waals surface area contributed by atoms with Gasteiger partial charge in [-0.3, -0.25) is 4.68 Å². The van der Waals surface area contributed by atoms with Gasteiger partial charge in [0, 0.05) is 29.4 Å². The molecule has 5 atom stereocenters. The average Bonchev–Trinajstić information content (AvgIpc) is 3.04. The Morgan fingerprint density at radius 2 is 2.03 bits per heavy atom. The standard InChI is InChI=1S/C23H32F2N4O3/c1-11(2)29-16(20-14-7-17(12(3)19(14)20)31-10-23(4,5)30)8-15(28-29)13-6-18(32-22(24)25)21(26)27-9-13/h6,8-9,11-12,14,17,19-20,22,30H,7,10H2,1-5H3,(H2,26,27)/t12?,14-,17+,19+,20-/m1/s1. The van der Waals surface area contributed by atoms with E-state index in [0.29, 0.717) is 41.5 Å². The van der Waals surface area contributed by atoms with Crippen LogP contribution in [0.25, 0.3) is 11.3 Å². The van der Waals surface area contributed by atoms with Gasteiger partial charge in [0.1, 0.15) is 0 Å². The van der Waals surface area contributed by atoms with Crippen molar-refractivity contribution < 1.29 is 23.4 Å². The molecule has 0 spiro atoms. The van der Waals surface area contributed by atoms with Gasteiger partial charge in [0.2, 0.25) is 0 Å². The highest BCUT2D eigenvalue weighted by atomic mass is 19.3. The number of aromatic nitrogens is 3. The number of halogens is 2. The van der Waals surface area contributed by atoms with E-state index in [1.54, 1.807) is 13.8 Å². The monoisotopic (exact) mass is 450 g/mol. The van der Waals surface area contributed by atoms with E-state index in [1.807, 2.05) is 10.7 Å². The van der Waals surface area contributed by atoms with Gasteiger partial charge in [0.05, 0.1) is 24.0 Å². The van der Waals surface area contributed by atoms with Crippen molar-refractivity contribution in [1.82, 2.24) is 14.8 Å². The van der Waals surface area contributed by atoms with Gasteiger partial charge in [0.15, 0.2) is 11.6 Å². The average molecular weight is 451 g/mol. The first-order chi connectivity index (χ1) is 15.0. The summed E-state index contributed by atoms with van der Waals surface area (Å²) in [5, 5.41) is 14.7. The van der Waals surface area contributed by atoms with Crippen LogP contribution in [0.2, 0.25) is 0 Å². The maximum Gasteiger partial charge on any atom is 0.387 e. The number of nitrogens with zero attached hydrogens (tertiary/aromatic N) is 3. The first-order valence-corrected chi connectivity index (χ1v) is 11.1. The highest BCUT2D eigenvalue weighted by molar-refractivity contribution is 5.64. The molecular formula is C23H32F2N4O3. The number of pyridine rings is 1. The number of hydrogen-bond donors (Lipinski definition) is 2. The van der Waals surface area contributed by atoms with Crippen LogP contribution >= 0.6 is 0 Å². The molecule has 2 aliphatic rings. The fraction of sp³-hybridized carbons (Fsp3) is 0.652. The molecular weight excluding hydrogens is 418 g/mol. The Labute approximate surface area is 186 Å². The minimum absolute atomic E-state index is 0.0831. The number of anilines is 1. The summed E-state index contributed by atoms with van der Waals surface area (Å²) in [5.41, 5.74) is 7.23. The zero-order valence-corrected chi connectivity index (χ0v) is 19.1. The van der Waals surface area contributed by atoms with Crippen LogP contribution in [-0.2, 0) is 4.74 Å². The Bertz CT molecular complexity index is 973. The molecule has 2 saturated carbocycles. The number of nitrogens with two attached hydrogens (primary N) is 1. The Hall–Kier alpha value is -2.26. The van der Waals surface area contributed by atoms with Gasteiger partial charge in [-0.25, -0.2) is 4.98 Å². The van der Waals surface area contributed by atoms with Gasteiger partial charge in [-0.05, 0) is 64.0 Å². The second kappa shape index (κ2) is 8.26. The highest BCUT2D eigenvalue weighted by Gasteiger charge is 2.62. The summed E-state index contributed by atoms with van der Waals surface area (Å²) >= 11 is 0. The van der Waals surface area contributed by atoms with Gasteiger partial charge in [-0.2, -0.15) is 13.9 Å². The van der Waals surface area contributed by atoms with Gasteiger partial charge < -0.3 is 20.3 Å². The molecule has 2 aromatic heterocycles. The molecule has 0 amide bonds. The maximum atomic E-state index is 12.7. The normalized spacial score (nSPS) is 27.2. The Kier molecular flexibility index (Phi) is 5.92. The van der Waals surface area contributed by atoms with Crippen molar-refractivity contribution >= 4 is 5.82 Å². The summed E-state index contributed by atoms with van der Waals surface area (Å²) in [6, 6.07) is 3.64. The molecule has 176 valence electrons. The second-order valence-corrected chi connectivity index (χ2v) is 10.0. The molecule has 4 rings (SSSR count). The molecule has 0 bridgehead atoms. The summed E-state index contributed by atoms with van der Waals surface area (Å²) in [4.78, 5) is 4.01. The van der Waals surface area contributed by atoms with E-state index in [4.69, 9.17) is 15.6 Å². The number of aliphatic hydroxyl groups is 1. The quantitative estimate of drug-likeness (QED) is 0.625. The minimum Gasteiger partial charge on any atom is -0.431 e. The number of hydrogen-bond acceptors (Lipinski definition) is 6. The van der Waals surface area contributed by atoms with Crippen LogP contribution in [0.4, 0.5) is 14.6 Å². The summed E-state index contributed by atoms with van der Waals surface area (Å²) in [6.07, 6.45) is 2.64. The van der Waals surface area contributed by atoms with E-state index in [1.165, 1.54) is 12.3 Å². The van der Waals surface area contributed by atoms with Crippen LogP contribution in [0.3, 0.4) is 0 Å². The number of nitrogen functional groups attached to an aromatic ring is 1. The van der Waals surface area contributed by atoms with Crippen LogP contribution in [0.1, 0.15) is 58.7 Å². The molecule has 1 unspecified atom stereocenters. The number of alkyl halides is 2. The third-order valence-electron chi connectivity index (χ3n) is 6.57. The van der Waals surface area contributed by atoms with Crippen LogP contribution in [0.15, 0.2) is 18.3 Å². The molecule has 0 saturated heterocycles. The predicted octanol–water partition coefficient (Wildman–Crippen LogP) is 4.24. The molecule has 2 fully saturated rings. The SMILES string of the molecule is CC1[C@H]2[C@@H](C[C@@H]1OCC(C)(C)O)[C@@H]2c1cc(-c2cnc(N)c(OC(F)F)c2)nn1C(C)C. The van der Waals surface area contributed by atoms with Crippen LogP contribution in [0, 0.1) is 17.8 Å². The summed E-state index contributed by atoms with van der Waals surface area (Å²) < 4.78 is 37.9. The first kappa shape index (κ1) is 22.9. The van der Waals surface area contributed by atoms with Crippen molar-refractivity contribution in [2.45, 2.75) is 71.3 Å². The van der Waals surface area contributed by atoms with E-state index >= 15 is 0 Å². The van der Waals surface area contributed by atoms with Crippen LogP contribution < -0.4 is 10.5 Å². The van der Waals surface area contributed by atoms with Gasteiger partial charge in [-0.1, -0.05) is 6.92 Å². The lowest BCUT2D eigenvalue weighted by Gasteiger charge is -2.26. The van der Waals surface area contributed by atoms with E-state index in [0.717, 1.165) is 12.1 Å². The van der Waals surface area contributed by atoms with Gasteiger partial charge >= 0.3 is 6.61 Å². The lowest BCUT2D eigenvalue weighted by Crippen LogP contribution is -2.31. The molecule has 0 radical (unpaired) electrons. The molecule has 32 heavy (non-hydrogen) atoms. The smallest absolute Gasteiger partial charge is 0.387 e. The Morgan fingerprint density at radius 1 is 1.31 bits per heavy atom. The van der Waals surface area contributed by atoms with Gasteiger partial charge in [-0.15, -0.1) is 0 Å². The molecule has 2 aliphatic carbocycles. The Morgan fingerprint density at radius 3 is 2.59 bits per heavy atom. The van der Waals surface area contributed by atoms with Crippen molar-refractivity contribution in [3.63, 3.8) is 0 Å². The lowest BCUT2D eigenvalue weighted by atomic mass is 9.97. The number of rotatable bonds is 8. The van der Waals surface area contributed by atoms with Crippen LogP contribution in [0.5, 0.6) is 5.75 Å². The summed E-state index contributed by atoms with van der Waals surface area (Å²) in [6.45, 7) is 7.22. The largest absolute Gasteiger partial charge is 0.431 e. The topological polar surface area (TPSA) is 95.4 Å². The van der Waals surface area contributed by atoms with Crippen molar-refractivity contribution in [1.29, 1.82) is 0 Å². The number of ether oxygens (including phenoxy) is 2. The van der Waals surface area contributed by atoms with Crippen molar-refractivity contribution in [3.8, 4) is 17.0 Å². The van der Waals surface area contributed by atoms with Gasteiger partial charge in [0.25, 0.3) is 0 Å². The molecule has 2 heterocycles. The molecule has 2 aromatic rings. The van der Waals surface area contributed by atoms with E-state index in [9.17, 15) is 13.9 Å². The molecule has 7 nitrogen and oxygen atoms in total. The molecule has 0 aliphatic heterocycles. The second-order valence-electron chi connectivity index (χ2n) is 10.0. The third kappa shape index (κ3) is 4.45. The van der Waals surface area contributed by atoms with E-state index < -0.39 is 12.2 Å². The van der Waals surface area contributed by atoms with E-state index in [2.05, 4.69) is 30.5 Å². The zero-order valence-electron chi connectivity index (χ0n) is 19.1. The zero-order chi connectivity index (χ0) is 23.4. The lowest BCUT2D eigenvalue weighted by molar-refractivity contribution is -0.0668. The molecule has 3 N–H and O–H groups in total. The van der Waals surface area contributed by atoms with E-state index in [-0.39, 0.29) is 23.7 Å². The maximum absolute atomic E-state index is 12.7. The minimum atomic E-state index is -2.97. The highest BCUT2D eigenvalue weighted by Crippen LogP contribution is 2.66. The molecule has 9 heteroatoms. The van der Waals surface area contributed by atoms with Crippen molar-refractivity contribution in [3.05, 3.63) is 24.0 Å². The summed E-state index contributed by atoms with van der Waals surface area (Å²) in [7, 11) is 0. The fourth-order valence-electron chi connectivity index (χ4n) is 5.10. The summed E-state index contributed by atoms with van der Waals surface area (Å²) in [5.74, 6) is 1.55.